The van der Waals surface area contributed by atoms with Crippen molar-refractivity contribution in [2.75, 3.05) is 11.9 Å². The van der Waals surface area contributed by atoms with E-state index in [0.29, 0.717) is 27.7 Å². The zero-order valence-corrected chi connectivity index (χ0v) is 18.4. The fourth-order valence-electron chi connectivity index (χ4n) is 3.87. The molecule has 166 valence electrons. The summed E-state index contributed by atoms with van der Waals surface area (Å²) in [5.41, 5.74) is 4.77. The first-order valence-electron chi connectivity index (χ1n) is 10.4. The zero-order valence-electron chi connectivity index (χ0n) is 17.7. The number of fused-ring (bicyclic) bond motifs is 1. The number of hydrogen-bond donors (Lipinski definition) is 5. The maximum absolute atomic E-state index is 12.8. The molecule has 0 bridgehead atoms. The number of pyridine rings is 1. The number of H-pyrrole nitrogens is 3. The summed E-state index contributed by atoms with van der Waals surface area (Å²) < 4.78 is 0. The van der Waals surface area contributed by atoms with Gasteiger partial charge in [-0.05, 0) is 48.4 Å². The number of aromatic nitrogens is 5. The Morgan fingerprint density at radius 1 is 1.12 bits per heavy atom. The summed E-state index contributed by atoms with van der Waals surface area (Å²) >= 11 is 6.03. The molecular weight excluding hydrogens is 440 g/mol. The van der Waals surface area contributed by atoms with Gasteiger partial charge in [0.15, 0.2) is 0 Å². The van der Waals surface area contributed by atoms with Crippen LogP contribution >= 0.6 is 11.6 Å². The third-order valence-corrected chi connectivity index (χ3v) is 5.70. The van der Waals surface area contributed by atoms with Crippen molar-refractivity contribution in [2.45, 2.75) is 13.0 Å². The Morgan fingerprint density at radius 2 is 2.00 bits per heavy atom. The quantitative estimate of drug-likeness (QED) is 0.257. The molecule has 5 rings (SSSR count). The first-order valence-corrected chi connectivity index (χ1v) is 10.8. The predicted molar refractivity (Wildman–Crippen MR) is 129 cm³/mol. The molecule has 9 heteroatoms. The number of aliphatic hydroxyl groups is 1. The predicted octanol–water partition coefficient (Wildman–Crippen LogP) is 4.42. The Bertz CT molecular complexity index is 1490. The summed E-state index contributed by atoms with van der Waals surface area (Å²) in [6.07, 6.45) is 4.23. The van der Waals surface area contributed by atoms with Crippen LogP contribution in [0.5, 0.6) is 0 Å². The molecule has 2 aromatic carbocycles. The van der Waals surface area contributed by atoms with E-state index >= 15 is 0 Å². The second-order valence-electron chi connectivity index (χ2n) is 7.76. The number of aliphatic hydroxyl groups excluding tert-OH is 1. The van der Waals surface area contributed by atoms with Gasteiger partial charge >= 0.3 is 0 Å². The van der Waals surface area contributed by atoms with E-state index in [1.807, 2.05) is 19.1 Å². The summed E-state index contributed by atoms with van der Waals surface area (Å²) in [6.45, 7) is 2.16. The number of halogens is 1. The lowest BCUT2D eigenvalue weighted by Crippen LogP contribution is -2.17. The van der Waals surface area contributed by atoms with Gasteiger partial charge < -0.3 is 25.4 Å². The number of aromatic amines is 3. The van der Waals surface area contributed by atoms with Crippen molar-refractivity contribution < 1.29 is 5.11 Å². The highest BCUT2D eigenvalue weighted by atomic mass is 35.5. The van der Waals surface area contributed by atoms with Crippen molar-refractivity contribution in [3.05, 3.63) is 87.6 Å². The van der Waals surface area contributed by atoms with Gasteiger partial charge in [-0.3, -0.25) is 4.79 Å². The van der Waals surface area contributed by atoms with Crippen molar-refractivity contribution in [2.24, 2.45) is 0 Å². The summed E-state index contributed by atoms with van der Waals surface area (Å²) in [5.74, 6) is 1.19. The highest BCUT2D eigenvalue weighted by Gasteiger charge is 2.17. The molecule has 0 saturated heterocycles. The lowest BCUT2D eigenvalue weighted by molar-refractivity contribution is 0.191. The van der Waals surface area contributed by atoms with Crippen LogP contribution in [-0.4, -0.2) is 36.6 Å². The Hall–Kier alpha value is -3.88. The van der Waals surface area contributed by atoms with Crippen LogP contribution in [0.25, 0.3) is 33.8 Å². The van der Waals surface area contributed by atoms with Gasteiger partial charge in [0.05, 0.1) is 22.8 Å². The van der Waals surface area contributed by atoms with Crippen LogP contribution in [0.4, 0.5) is 5.69 Å². The van der Waals surface area contributed by atoms with Crippen molar-refractivity contribution in [3.63, 3.8) is 0 Å². The third kappa shape index (κ3) is 4.13. The molecule has 8 nitrogen and oxygen atoms in total. The first-order chi connectivity index (χ1) is 16.0. The molecule has 0 amide bonds. The number of anilines is 1. The lowest BCUT2D eigenvalue weighted by atomic mass is 10.1. The highest BCUT2D eigenvalue weighted by Crippen LogP contribution is 2.29. The average molecular weight is 461 g/mol. The van der Waals surface area contributed by atoms with Crippen LogP contribution in [0.2, 0.25) is 5.02 Å². The van der Waals surface area contributed by atoms with Gasteiger partial charge in [-0.25, -0.2) is 9.97 Å². The number of rotatable bonds is 6. The Labute approximate surface area is 193 Å². The molecule has 0 aliphatic rings. The Kier molecular flexibility index (Phi) is 5.45. The zero-order chi connectivity index (χ0) is 22.9. The van der Waals surface area contributed by atoms with E-state index < -0.39 is 6.10 Å². The van der Waals surface area contributed by atoms with Gasteiger partial charge in [0.2, 0.25) is 0 Å². The number of nitrogens with one attached hydrogen (secondary N) is 4. The summed E-state index contributed by atoms with van der Waals surface area (Å²) in [6, 6.07) is 12.7. The van der Waals surface area contributed by atoms with Crippen LogP contribution in [0.1, 0.15) is 17.2 Å². The number of imidazole rings is 2. The van der Waals surface area contributed by atoms with E-state index in [1.54, 1.807) is 48.9 Å². The van der Waals surface area contributed by atoms with Gasteiger partial charge in [-0.15, -0.1) is 0 Å². The van der Waals surface area contributed by atoms with E-state index in [9.17, 15) is 9.90 Å². The monoisotopic (exact) mass is 460 g/mol. The van der Waals surface area contributed by atoms with Crippen molar-refractivity contribution in [3.8, 4) is 22.8 Å². The molecule has 3 aromatic heterocycles. The van der Waals surface area contributed by atoms with Crippen molar-refractivity contribution in [1.29, 1.82) is 0 Å². The van der Waals surface area contributed by atoms with Crippen LogP contribution in [0.15, 0.2) is 65.8 Å². The van der Waals surface area contributed by atoms with E-state index in [2.05, 4.69) is 25.3 Å². The minimum atomic E-state index is -0.801. The van der Waals surface area contributed by atoms with E-state index in [1.165, 1.54) is 0 Å². The molecule has 0 aliphatic carbocycles. The molecule has 0 saturated carbocycles. The summed E-state index contributed by atoms with van der Waals surface area (Å²) in [5, 5.41) is 14.3. The molecule has 0 fully saturated rings. The van der Waals surface area contributed by atoms with Crippen LogP contribution in [-0.2, 0) is 0 Å². The summed E-state index contributed by atoms with van der Waals surface area (Å²) in [7, 11) is 0. The molecule has 1 unspecified atom stereocenters. The second-order valence-corrected chi connectivity index (χ2v) is 8.20. The molecule has 0 radical (unpaired) electrons. The largest absolute Gasteiger partial charge is 0.387 e. The van der Waals surface area contributed by atoms with Crippen molar-refractivity contribution in [1.82, 2.24) is 24.9 Å². The Morgan fingerprint density at radius 3 is 2.79 bits per heavy atom. The van der Waals surface area contributed by atoms with E-state index in [-0.39, 0.29) is 12.1 Å². The first kappa shape index (κ1) is 21.0. The smallest absolute Gasteiger partial charge is 0.261 e. The molecule has 5 N–H and O–H groups in total. The number of hydrogen-bond acceptors (Lipinski definition) is 5. The second kappa shape index (κ2) is 8.57. The van der Waals surface area contributed by atoms with Gasteiger partial charge in [0.25, 0.3) is 5.56 Å². The molecule has 5 aromatic rings. The van der Waals surface area contributed by atoms with Crippen LogP contribution in [0, 0.1) is 6.92 Å². The number of nitrogens with zero attached hydrogens (tertiary/aromatic N) is 2. The maximum Gasteiger partial charge on any atom is 0.261 e. The number of aryl methyl sites for hydroxylation is 1. The van der Waals surface area contributed by atoms with Gasteiger partial charge in [-0.1, -0.05) is 23.7 Å². The SMILES string of the molecule is Cc1cc(-c2ncc[nH]2)cc2[nH]c(-c3c(NCC(O)c4cccc(Cl)c4)cc[nH]c3=O)nc12. The molecule has 3 heterocycles. The maximum atomic E-state index is 12.8. The van der Waals surface area contributed by atoms with Gasteiger partial charge in [0.1, 0.15) is 17.2 Å². The fraction of sp³-hybridized carbons (Fsp3) is 0.125. The van der Waals surface area contributed by atoms with Crippen molar-refractivity contribution >= 4 is 28.3 Å². The third-order valence-electron chi connectivity index (χ3n) is 5.47. The van der Waals surface area contributed by atoms with E-state index in [4.69, 9.17) is 16.6 Å². The highest BCUT2D eigenvalue weighted by molar-refractivity contribution is 6.30. The molecule has 0 aliphatic heterocycles. The standard InChI is InChI=1S/C24H21ClN6O2/c1-13-9-15(22-26-7-8-27-22)11-18-21(13)31-23(30-18)20-17(5-6-28-24(20)33)29-12-19(32)14-3-2-4-16(25)10-14/h2-11,19,32H,12H2,1H3,(H,26,27)(H,30,31)(H2,28,29,33). The van der Waals surface area contributed by atoms with Crippen LogP contribution in [0.3, 0.4) is 0 Å². The molecule has 33 heavy (non-hydrogen) atoms. The Balaban J connectivity index is 1.49. The lowest BCUT2D eigenvalue weighted by Gasteiger charge is -2.15. The minimum absolute atomic E-state index is 0.193. The normalized spacial score (nSPS) is 12.2. The minimum Gasteiger partial charge on any atom is -0.387 e. The molecule has 1 atom stereocenters. The number of benzene rings is 2. The molecular formula is C24H21ClN6O2. The summed E-state index contributed by atoms with van der Waals surface area (Å²) in [4.78, 5) is 30.9. The van der Waals surface area contributed by atoms with E-state index in [0.717, 1.165) is 28.0 Å². The average Bonchev–Trinajstić information content (AvgIpc) is 3.48. The van der Waals surface area contributed by atoms with Crippen LogP contribution < -0.4 is 10.9 Å². The van der Waals surface area contributed by atoms with Gasteiger partial charge in [-0.2, -0.15) is 0 Å². The molecule has 0 spiro atoms. The topological polar surface area (TPSA) is 122 Å². The fourth-order valence-corrected chi connectivity index (χ4v) is 4.07. The van der Waals surface area contributed by atoms with Gasteiger partial charge in [0, 0.05) is 35.7 Å².